The molecule has 4 unspecified atom stereocenters. The fourth-order valence-corrected chi connectivity index (χ4v) is 3.65. The Bertz CT molecular complexity index is 609. The highest BCUT2D eigenvalue weighted by Crippen LogP contribution is 2.48. The summed E-state index contributed by atoms with van der Waals surface area (Å²) in [6.07, 6.45) is 2.95. The molecule has 0 N–H and O–H groups in total. The molecule has 3 aliphatic rings. The van der Waals surface area contributed by atoms with Gasteiger partial charge in [0.2, 0.25) is 11.8 Å². The Hall–Kier alpha value is -1.69. The van der Waals surface area contributed by atoms with E-state index in [0.717, 1.165) is 12.0 Å². The third kappa shape index (κ3) is 2.48. The quantitative estimate of drug-likeness (QED) is 0.419. The summed E-state index contributed by atoms with van der Waals surface area (Å²) in [7, 11) is 0. The van der Waals surface area contributed by atoms with Crippen molar-refractivity contribution in [1.82, 2.24) is 4.90 Å². The number of carbonyl (C=O) groups excluding carboxylic acids is 3. The molecular formula is C18H25NO5. The fourth-order valence-electron chi connectivity index (χ4n) is 3.65. The van der Waals surface area contributed by atoms with E-state index in [1.165, 1.54) is 4.90 Å². The van der Waals surface area contributed by atoms with Crippen molar-refractivity contribution in [2.45, 2.75) is 52.7 Å². The molecule has 0 aromatic rings. The molecule has 3 aliphatic heterocycles. The summed E-state index contributed by atoms with van der Waals surface area (Å²) < 4.78 is 11.0. The van der Waals surface area contributed by atoms with Crippen LogP contribution >= 0.6 is 0 Å². The van der Waals surface area contributed by atoms with Crippen LogP contribution in [0, 0.1) is 17.3 Å². The van der Waals surface area contributed by atoms with Crippen LogP contribution in [0.25, 0.3) is 0 Å². The molecule has 0 aliphatic carbocycles. The van der Waals surface area contributed by atoms with Crippen molar-refractivity contribution in [3.05, 3.63) is 11.6 Å². The molecule has 2 fully saturated rings. The minimum atomic E-state index is -0.553. The van der Waals surface area contributed by atoms with Gasteiger partial charge in [-0.3, -0.25) is 19.3 Å². The summed E-state index contributed by atoms with van der Waals surface area (Å²) in [5, 5.41) is 0. The Morgan fingerprint density at radius 2 is 1.92 bits per heavy atom. The lowest BCUT2D eigenvalue weighted by Gasteiger charge is -2.22. The van der Waals surface area contributed by atoms with Crippen molar-refractivity contribution in [3.63, 3.8) is 0 Å². The number of ether oxygens (including phenoxy) is 2. The van der Waals surface area contributed by atoms with Crippen LogP contribution in [0.3, 0.4) is 0 Å². The summed E-state index contributed by atoms with van der Waals surface area (Å²) in [6, 6.07) is 0. The zero-order chi connectivity index (χ0) is 17.6. The second kappa shape index (κ2) is 5.99. The standard InChI is InChI=1S/C18H25NO5/c1-5-10-9-11-12-13(14(10)24-11)16(21)19(15(12)20)7-8-23-17(22)18(3,4)6-2/h9,11-14H,5-8H2,1-4H3. The number of rotatable bonds is 6. The lowest BCUT2D eigenvalue weighted by Crippen LogP contribution is -2.38. The maximum atomic E-state index is 12.6. The van der Waals surface area contributed by atoms with Gasteiger partial charge in [-0.15, -0.1) is 0 Å². The Kier molecular flexibility index (Phi) is 4.28. The Morgan fingerprint density at radius 1 is 1.25 bits per heavy atom. The molecule has 2 bridgehead atoms. The molecule has 6 nitrogen and oxygen atoms in total. The fraction of sp³-hybridized carbons (Fsp3) is 0.722. The average Bonchev–Trinajstić information content (AvgIpc) is 3.20. The van der Waals surface area contributed by atoms with E-state index in [9.17, 15) is 14.4 Å². The SMILES string of the molecule is CCC1=CC2OC1C1C(=O)N(CCOC(=O)C(C)(C)CC)C(=O)C21. The van der Waals surface area contributed by atoms with Gasteiger partial charge in [-0.2, -0.15) is 0 Å². The number of esters is 1. The molecule has 2 amide bonds. The maximum absolute atomic E-state index is 12.6. The summed E-state index contributed by atoms with van der Waals surface area (Å²) in [4.78, 5) is 38.4. The molecule has 0 saturated carbocycles. The van der Waals surface area contributed by atoms with Gasteiger partial charge >= 0.3 is 5.97 Å². The van der Waals surface area contributed by atoms with Crippen LogP contribution in [0.15, 0.2) is 11.6 Å². The predicted molar refractivity (Wildman–Crippen MR) is 85.8 cm³/mol. The van der Waals surface area contributed by atoms with E-state index < -0.39 is 17.3 Å². The maximum Gasteiger partial charge on any atom is 0.311 e. The predicted octanol–water partition coefficient (Wildman–Crippen LogP) is 1.68. The monoisotopic (exact) mass is 335 g/mol. The van der Waals surface area contributed by atoms with Crippen LogP contribution < -0.4 is 0 Å². The van der Waals surface area contributed by atoms with Crippen LogP contribution in [-0.4, -0.2) is 48.0 Å². The molecule has 0 spiro atoms. The highest BCUT2D eigenvalue weighted by molar-refractivity contribution is 6.06. The van der Waals surface area contributed by atoms with Crippen molar-refractivity contribution in [1.29, 1.82) is 0 Å². The molecular weight excluding hydrogens is 310 g/mol. The van der Waals surface area contributed by atoms with Gasteiger partial charge in [-0.1, -0.05) is 19.9 Å². The van der Waals surface area contributed by atoms with Gasteiger partial charge in [0.1, 0.15) is 6.61 Å². The molecule has 0 radical (unpaired) electrons. The van der Waals surface area contributed by atoms with Gasteiger partial charge in [0.05, 0.1) is 36.0 Å². The first-order valence-corrected chi connectivity index (χ1v) is 8.70. The zero-order valence-corrected chi connectivity index (χ0v) is 14.7. The molecule has 2 saturated heterocycles. The van der Waals surface area contributed by atoms with E-state index in [4.69, 9.17) is 9.47 Å². The van der Waals surface area contributed by atoms with Crippen molar-refractivity contribution >= 4 is 17.8 Å². The van der Waals surface area contributed by atoms with Crippen LogP contribution in [0.5, 0.6) is 0 Å². The number of carbonyl (C=O) groups is 3. The van der Waals surface area contributed by atoms with Gasteiger partial charge in [0.15, 0.2) is 0 Å². The summed E-state index contributed by atoms with van der Waals surface area (Å²) in [5.41, 5.74) is 0.558. The van der Waals surface area contributed by atoms with E-state index in [2.05, 4.69) is 0 Å². The lowest BCUT2D eigenvalue weighted by molar-refractivity contribution is -0.157. The number of imide groups is 1. The van der Waals surface area contributed by atoms with Gasteiger partial charge in [0, 0.05) is 0 Å². The van der Waals surface area contributed by atoms with E-state index in [0.29, 0.717) is 6.42 Å². The molecule has 132 valence electrons. The first-order valence-electron chi connectivity index (χ1n) is 8.70. The highest BCUT2D eigenvalue weighted by Gasteiger charge is 2.62. The second-order valence-electron chi connectivity index (χ2n) is 7.37. The van der Waals surface area contributed by atoms with E-state index >= 15 is 0 Å². The zero-order valence-electron chi connectivity index (χ0n) is 14.7. The number of fused-ring (bicyclic) bond motifs is 5. The Morgan fingerprint density at radius 3 is 2.54 bits per heavy atom. The van der Waals surface area contributed by atoms with Crippen LogP contribution in [0.4, 0.5) is 0 Å². The Balaban J connectivity index is 1.61. The summed E-state index contributed by atoms with van der Waals surface area (Å²) in [5.74, 6) is -1.49. The molecule has 6 heteroatoms. The van der Waals surface area contributed by atoms with E-state index in [1.54, 1.807) is 0 Å². The first-order chi connectivity index (χ1) is 11.3. The van der Waals surface area contributed by atoms with E-state index in [-0.39, 0.29) is 43.1 Å². The molecule has 3 heterocycles. The highest BCUT2D eigenvalue weighted by atomic mass is 16.5. The van der Waals surface area contributed by atoms with Crippen molar-refractivity contribution in [3.8, 4) is 0 Å². The van der Waals surface area contributed by atoms with Gasteiger partial charge in [-0.05, 0) is 32.3 Å². The number of likely N-dealkylation sites (tertiary alicyclic amines) is 1. The number of nitrogens with zero attached hydrogens (tertiary/aromatic N) is 1. The third-order valence-electron chi connectivity index (χ3n) is 5.61. The molecule has 4 atom stereocenters. The number of hydrogen-bond donors (Lipinski definition) is 0. The summed E-state index contributed by atoms with van der Waals surface area (Å²) >= 11 is 0. The molecule has 24 heavy (non-hydrogen) atoms. The van der Waals surface area contributed by atoms with Crippen molar-refractivity contribution in [2.24, 2.45) is 17.3 Å². The van der Waals surface area contributed by atoms with Crippen LogP contribution in [-0.2, 0) is 23.9 Å². The van der Waals surface area contributed by atoms with Gasteiger partial charge < -0.3 is 9.47 Å². The first kappa shape index (κ1) is 17.1. The normalized spacial score (nSPS) is 31.5. The number of hydrogen-bond acceptors (Lipinski definition) is 5. The van der Waals surface area contributed by atoms with Crippen LogP contribution in [0.2, 0.25) is 0 Å². The topological polar surface area (TPSA) is 72.9 Å². The largest absolute Gasteiger partial charge is 0.463 e. The Labute approximate surface area is 142 Å². The molecule has 0 aromatic carbocycles. The molecule has 0 aromatic heterocycles. The average molecular weight is 335 g/mol. The minimum absolute atomic E-state index is 0.0451. The van der Waals surface area contributed by atoms with E-state index in [1.807, 2.05) is 33.8 Å². The van der Waals surface area contributed by atoms with Crippen molar-refractivity contribution < 1.29 is 23.9 Å². The minimum Gasteiger partial charge on any atom is -0.463 e. The molecule has 3 rings (SSSR count). The third-order valence-corrected chi connectivity index (χ3v) is 5.61. The van der Waals surface area contributed by atoms with Crippen molar-refractivity contribution in [2.75, 3.05) is 13.2 Å². The van der Waals surface area contributed by atoms with Gasteiger partial charge in [0.25, 0.3) is 0 Å². The number of amides is 2. The smallest absolute Gasteiger partial charge is 0.311 e. The second-order valence-corrected chi connectivity index (χ2v) is 7.37. The lowest BCUT2D eigenvalue weighted by atomic mass is 9.80. The summed E-state index contributed by atoms with van der Waals surface area (Å²) in [6.45, 7) is 7.75. The van der Waals surface area contributed by atoms with Crippen LogP contribution in [0.1, 0.15) is 40.5 Å². The van der Waals surface area contributed by atoms with Gasteiger partial charge in [-0.25, -0.2) is 0 Å².